The molecule has 0 spiro atoms. The molecule has 0 fully saturated rings. The zero-order valence-corrected chi connectivity index (χ0v) is 9.88. The molecule has 1 atom stereocenters. The number of hydrogen-bond acceptors (Lipinski definition) is 3. The van der Waals surface area contributed by atoms with Gasteiger partial charge in [0, 0.05) is 12.8 Å². The van der Waals surface area contributed by atoms with Crippen molar-refractivity contribution in [1.29, 1.82) is 0 Å². The van der Waals surface area contributed by atoms with E-state index in [4.69, 9.17) is 0 Å². The smallest absolute Gasteiger partial charge is 0.155 e. The second kappa shape index (κ2) is 4.49. The molecule has 0 aliphatic carbocycles. The number of rotatable bonds is 2. The first-order valence-corrected chi connectivity index (χ1v) is 6.06. The van der Waals surface area contributed by atoms with E-state index in [2.05, 4.69) is 10.1 Å². The molecule has 0 radical (unpaired) electrons. The van der Waals surface area contributed by atoms with Gasteiger partial charge in [-0.25, -0.2) is 14.1 Å². The minimum absolute atomic E-state index is 0.231. The van der Waals surface area contributed by atoms with Crippen LogP contribution in [-0.4, -0.2) is 26.0 Å². The highest BCUT2D eigenvalue weighted by Crippen LogP contribution is 2.15. The maximum Gasteiger partial charge on any atom is 0.155 e. The minimum atomic E-state index is -0.347. The molecule has 1 aromatic heterocycles. The van der Waals surface area contributed by atoms with Crippen LogP contribution in [0.2, 0.25) is 0 Å². The number of fused-ring (bicyclic) bond motifs is 1. The Balaban J connectivity index is 1.84. The highest BCUT2D eigenvalue weighted by Gasteiger charge is 2.20. The average Bonchev–Trinajstić information content (AvgIpc) is 2.73. The fourth-order valence-corrected chi connectivity index (χ4v) is 2.23. The summed E-state index contributed by atoms with van der Waals surface area (Å²) in [6.45, 7) is 0.486. The lowest BCUT2D eigenvalue weighted by Gasteiger charge is -2.16. The van der Waals surface area contributed by atoms with Crippen LogP contribution >= 0.6 is 0 Å². The molecule has 5 heteroatoms. The van der Waals surface area contributed by atoms with Crippen molar-refractivity contribution in [2.45, 2.75) is 31.9 Å². The fourth-order valence-electron chi connectivity index (χ4n) is 2.23. The van der Waals surface area contributed by atoms with Gasteiger partial charge >= 0.3 is 0 Å². The lowest BCUT2D eigenvalue weighted by Crippen LogP contribution is -2.25. The Hall–Kier alpha value is -1.75. The predicted molar refractivity (Wildman–Crippen MR) is 63.6 cm³/mol. The highest BCUT2D eigenvalue weighted by molar-refractivity contribution is 5.21. The van der Waals surface area contributed by atoms with Crippen LogP contribution in [0.15, 0.2) is 24.3 Å². The summed E-state index contributed by atoms with van der Waals surface area (Å²) >= 11 is 0. The SMILES string of the molecule is OC1CCc2nc(Cc3ccccc3F)nn2C1. The molecule has 4 nitrogen and oxygen atoms in total. The van der Waals surface area contributed by atoms with E-state index in [0.717, 1.165) is 18.7 Å². The maximum atomic E-state index is 13.5. The van der Waals surface area contributed by atoms with Crippen LogP contribution in [0.1, 0.15) is 23.6 Å². The number of nitrogens with zero attached hydrogens (tertiary/aromatic N) is 3. The van der Waals surface area contributed by atoms with Gasteiger partial charge in [0.15, 0.2) is 5.82 Å². The molecule has 3 rings (SSSR count). The third-order valence-corrected chi connectivity index (χ3v) is 3.18. The number of aryl methyl sites for hydroxylation is 1. The third kappa shape index (κ3) is 2.13. The summed E-state index contributed by atoms with van der Waals surface area (Å²) in [6, 6.07) is 6.65. The first-order valence-electron chi connectivity index (χ1n) is 6.06. The summed E-state index contributed by atoms with van der Waals surface area (Å²) < 4.78 is 15.2. The lowest BCUT2D eigenvalue weighted by molar-refractivity contribution is 0.124. The van der Waals surface area contributed by atoms with Crippen LogP contribution in [0.25, 0.3) is 0 Å². The Bertz CT molecular complexity index is 567. The Kier molecular flexibility index (Phi) is 2.83. The second-order valence-electron chi connectivity index (χ2n) is 4.59. The van der Waals surface area contributed by atoms with Crippen molar-refractivity contribution in [3.8, 4) is 0 Å². The average molecular weight is 247 g/mol. The van der Waals surface area contributed by atoms with Crippen molar-refractivity contribution in [3.05, 3.63) is 47.3 Å². The molecule has 1 unspecified atom stereocenters. The van der Waals surface area contributed by atoms with Gasteiger partial charge in [0.05, 0.1) is 12.6 Å². The Morgan fingerprint density at radius 2 is 2.22 bits per heavy atom. The van der Waals surface area contributed by atoms with Gasteiger partial charge in [0.1, 0.15) is 11.6 Å². The zero-order chi connectivity index (χ0) is 12.5. The van der Waals surface area contributed by atoms with E-state index in [1.54, 1.807) is 22.9 Å². The Morgan fingerprint density at radius 3 is 3.06 bits per heavy atom. The summed E-state index contributed by atoms with van der Waals surface area (Å²) in [4.78, 5) is 4.40. The van der Waals surface area contributed by atoms with Gasteiger partial charge in [-0.05, 0) is 18.1 Å². The molecule has 2 aromatic rings. The van der Waals surface area contributed by atoms with Gasteiger partial charge in [-0.3, -0.25) is 0 Å². The normalized spacial score (nSPS) is 18.7. The van der Waals surface area contributed by atoms with E-state index >= 15 is 0 Å². The monoisotopic (exact) mass is 247 g/mol. The van der Waals surface area contributed by atoms with E-state index in [9.17, 15) is 9.50 Å². The standard InChI is InChI=1S/C13H14FN3O/c14-11-4-2-1-3-9(11)7-12-15-13-6-5-10(18)8-17(13)16-12/h1-4,10,18H,5-8H2. The van der Waals surface area contributed by atoms with Crippen molar-refractivity contribution in [3.63, 3.8) is 0 Å². The summed E-state index contributed by atoms with van der Waals surface area (Å²) in [5.74, 6) is 1.26. The number of hydrogen-bond donors (Lipinski definition) is 1. The molecule has 1 N–H and O–H groups in total. The zero-order valence-electron chi connectivity index (χ0n) is 9.88. The van der Waals surface area contributed by atoms with Gasteiger partial charge in [-0.15, -0.1) is 0 Å². The molecule has 2 heterocycles. The van der Waals surface area contributed by atoms with E-state index in [0.29, 0.717) is 24.4 Å². The van der Waals surface area contributed by atoms with Crippen LogP contribution in [-0.2, 0) is 19.4 Å². The van der Waals surface area contributed by atoms with Crippen LogP contribution < -0.4 is 0 Å². The van der Waals surface area contributed by atoms with Crippen molar-refractivity contribution in [2.24, 2.45) is 0 Å². The largest absolute Gasteiger partial charge is 0.391 e. The fraction of sp³-hybridized carbons (Fsp3) is 0.385. The molecule has 1 aliphatic heterocycles. The summed E-state index contributed by atoms with van der Waals surface area (Å²) in [7, 11) is 0. The first kappa shape index (κ1) is 11.3. The first-order chi connectivity index (χ1) is 8.72. The summed E-state index contributed by atoms with van der Waals surface area (Å²) in [5, 5.41) is 13.9. The van der Waals surface area contributed by atoms with Gasteiger partial charge in [-0.2, -0.15) is 5.10 Å². The molecule has 18 heavy (non-hydrogen) atoms. The van der Waals surface area contributed by atoms with Crippen LogP contribution in [0, 0.1) is 5.82 Å². The van der Waals surface area contributed by atoms with Crippen molar-refractivity contribution >= 4 is 0 Å². The Labute approximate surface area is 104 Å². The topological polar surface area (TPSA) is 50.9 Å². The number of benzene rings is 1. The van der Waals surface area contributed by atoms with Gasteiger partial charge in [0.2, 0.25) is 0 Å². The second-order valence-corrected chi connectivity index (χ2v) is 4.59. The summed E-state index contributed by atoms with van der Waals surface area (Å²) in [6.07, 6.45) is 1.49. The number of aliphatic hydroxyl groups excluding tert-OH is 1. The molecule has 94 valence electrons. The highest BCUT2D eigenvalue weighted by atomic mass is 19.1. The molecule has 1 aromatic carbocycles. The van der Waals surface area contributed by atoms with Gasteiger partial charge in [0.25, 0.3) is 0 Å². The van der Waals surface area contributed by atoms with E-state index in [1.165, 1.54) is 6.07 Å². The van der Waals surface area contributed by atoms with Crippen LogP contribution in [0.3, 0.4) is 0 Å². The van der Waals surface area contributed by atoms with Crippen LogP contribution in [0.5, 0.6) is 0 Å². The molecule has 0 amide bonds. The molecule has 0 saturated carbocycles. The molecular formula is C13H14FN3O. The molecule has 0 bridgehead atoms. The van der Waals surface area contributed by atoms with E-state index < -0.39 is 0 Å². The van der Waals surface area contributed by atoms with E-state index in [1.807, 2.05) is 0 Å². The van der Waals surface area contributed by atoms with Gasteiger partial charge < -0.3 is 5.11 Å². The predicted octanol–water partition coefficient (Wildman–Crippen LogP) is 1.32. The van der Waals surface area contributed by atoms with E-state index in [-0.39, 0.29) is 11.9 Å². The van der Waals surface area contributed by atoms with Gasteiger partial charge in [-0.1, -0.05) is 18.2 Å². The van der Waals surface area contributed by atoms with Crippen LogP contribution in [0.4, 0.5) is 4.39 Å². The number of aromatic nitrogens is 3. The number of halogens is 1. The Morgan fingerprint density at radius 1 is 1.39 bits per heavy atom. The maximum absolute atomic E-state index is 13.5. The third-order valence-electron chi connectivity index (χ3n) is 3.18. The quantitative estimate of drug-likeness (QED) is 0.870. The molecule has 1 aliphatic rings. The lowest BCUT2D eigenvalue weighted by atomic mass is 10.1. The summed E-state index contributed by atoms with van der Waals surface area (Å²) in [5.41, 5.74) is 0.598. The number of aliphatic hydroxyl groups is 1. The van der Waals surface area contributed by atoms with Crippen molar-refractivity contribution in [1.82, 2.24) is 14.8 Å². The molecule has 0 saturated heterocycles. The van der Waals surface area contributed by atoms with Crippen molar-refractivity contribution in [2.75, 3.05) is 0 Å². The molecular weight excluding hydrogens is 233 g/mol. The van der Waals surface area contributed by atoms with Crippen molar-refractivity contribution < 1.29 is 9.50 Å². The minimum Gasteiger partial charge on any atom is -0.391 e.